The van der Waals surface area contributed by atoms with Gasteiger partial charge in [-0.3, -0.25) is 0 Å². The van der Waals surface area contributed by atoms with Crippen LogP contribution in [0.25, 0.3) is 11.1 Å². The maximum absolute atomic E-state index is 3.07. The molecule has 0 radical (unpaired) electrons. The molecular formula is C22H34N2+2. The number of aromatic amines is 1. The first-order chi connectivity index (χ1) is 11.9. The average Bonchev–Trinajstić information content (AvgIpc) is 2.64. The summed E-state index contributed by atoms with van der Waals surface area (Å²) >= 11 is 0. The summed E-state index contributed by atoms with van der Waals surface area (Å²) in [5, 5.41) is 0. The summed E-state index contributed by atoms with van der Waals surface area (Å²) in [6.45, 7) is 3.42. The van der Waals surface area contributed by atoms with Gasteiger partial charge in [0.25, 0.3) is 0 Å². The van der Waals surface area contributed by atoms with Crippen molar-refractivity contribution in [2.75, 3.05) is 0 Å². The number of nitrogens with zero attached hydrogens (tertiary/aromatic N) is 1. The lowest BCUT2D eigenvalue weighted by molar-refractivity contribution is -0.697. The molecule has 0 saturated carbocycles. The van der Waals surface area contributed by atoms with E-state index in [0.717, 1.165) is 6.54 Å². The van der Waals surface area contributed by atoms with Crippen LogP contribution in [0.3, 0.4) is 0 Å². The molecule has 0 aliphatic rings. The summed E-state index contributed by atoms with van der Waals surface area (Å²) in [6.07, 6.45) is 22.3. The van der Waals surface area contributed by atoms with Gasteiger partial charge in [0.1, 0.15) is 6.54 Å². The standard InChI is InChI=1S/C22H33N2/c1-2-3-4-5-6-7-8-9-10-11-18-24-19-14-22(15-20-24)21-12-16-23-17-13-21/h12-17,19-20H,2-11,18H2,1H3/q+1/p+1. The molecule has 2 nitrogen and oxygen atoms in total. The molecule has 2 aromatic heterocycles. The third-order valence-electron chi connectivity index (χ3n) is 4.71. The van der Waals surface area contributed by atoms with Crippen LogP contribution in [-0.4, -0.2) is 0 Å². The van der Waals surface area contributed by atoms with Crippen LogP contribution >= 0.6 is 0 Å². The third-order valence-corrected chi connectivity index (χ3v) is 4.71. The maximum Gasteiger partial charge on any atom is 0.169 e. The molecule has 2 rings (SSSR count). The number of aryl methyl sites for hydroxylation is 1. The number of H-pyrrole nitrogens is 1. The fraction of sp³-hybridized carbons (Fsp3) is 0.545. The van der Waals surface area contributed by atoms with E-state index in [-0.39, 0.29) is 0 Å². The van der Waals surface area contributed by atoms with Gasteiger partial charge in [-0.15, -0.1) is 0 Å². The molecule has 0 spiro atoms. The molecular weight excluding hydrogens is 292 g/mol. The number of hydrogen-bond donors (Lipinski definition) is 0. The van der Waals surface area contributed by atoms with Gasteiger partial charge in [-0.05, 0) is 17.5 Å². The summed E-state index contributed by atoms with van der Waals surface area (Å²) < 4.78 is 2.31. The molecule has 0 amide bonds. The molecule has 0 aliphatic heterocycles. The fourth-order valence-corrected chi connectivity index (χ4v) is 3.16. The Bertz CT molecular complexity index is 534. The molecule has 0 fully saturated rings. The Morgan fingerprint density at radius 1 is 0.667 bits per heavy atom. The Morgan fingerprint density at radius 2 is 1.17 bits per heavy atom. The molecule has 130 valence electrons. The minimum atomic E-state index is 1.14. The maximum atomic E-state index is 3.07. The van der Waals surface area contributed by atoms with Crippen LogP contribution in [0.15, 0.2) is 49.1 Å². The first-order valence-corrected chi connectivity index (χ1v) is 9.86. The van der Waals surface area contributed by atoms with E-state index in [0.29, 0.717) is 0 Å². The molecule has 2 heterocycles. The monoisotopic (exact) mass is 326 g/mol. The van der Waals surface area contributed by atoms with E-state index in [1.165, 1.54) is 75.3 Å². The number of hydrogen-bond acceptors (Lipinski definition) is 0. The highest BCUT2D eigenvalue weighted by molar-refractivity contribution is 5.60. The van der Waals surface area contributed by atoms with Crippen molar-refractivity contribution in [2.24, 2.45) is 0 Å². The normalized spacial score (nSPS) is 10.9. The topological polar surface area (TPSA) is 18.0 Å². The number of nitrogens with one attached hydrogen (secondary N) is 1. The fourth-order valence-electron chi connectivity index (χ4n) is 3.16. The van der Waals surface area contributed by atoms with Crippen LogP contribution in [-0.2, 0) is 6.54 Å². The molecule has 24 heavy (non-hydrogen) atoms. The van der Waals surface area contributed by atoms with Gasteiger partial charge >= 0.3 is 0 Å². The number of unbranched alkanes of at least 4 members (excludes halogenated alkanes) is 9. The highest BCUT2D eigenvalue weighted by Crippen LogP contribution is 2.15. The SMILES string of the molecule is CCCCCCCCCCCC[n+]1ccc(-c2cc[nH+]cc2)cc1. The Hall–Kier alpha value is -1.70. The van der Waals surface area contributed by atoms with Crippen LogP contribution < -0.4 is 9.55 Å². The van der Waals surface area contributed by atoms with Gasteiger partial charge in [-0.25, -0.2) is 9.55 Å². The van der Waals surface area contributed by atoms with Crippen molar-refractivity contribution < 1.29 is 9.55 Å². The van der Waals surface area contributed by atoms with Gasteiger partial charge in [0.05, 0.1) is 0 Å². The van der Waals surface area contributed by atoms with Crippen molar-refractivity contribution >= 4 is 0 Å². The lowest BCUT2D eigenvalue weighted by Crippen LogP contribution is -2.32. The van der Waals surface area contributed by atoms with E-state index in [1.807, 2.05) is 12.4 Å². The van der Waals surface area contributed by atoms with Gasteiger partial charge in [0.15, 0.2) is 24.8 Å². The minimum absolute atomic E-state index is 1.14. The summed E-state index contributed by atoms with van der Waals surface area (Å²) in [7, 11) is 0. The summed E-state index contributed by atoms with van der Waals surface area (Å²) in [6, 6.07) is 8.65. The van der Waals surface area contributed by atoms with Gasteiger partial charge < -0.3 is 0 Å². The predicted octanol–water partition coefficient (Wildman–Crippen LogP) is 5.38. The zero-order valence-electron chi connectivity index (χ0n) is 15.3. The minimum Gasteiger partial charge on any atom is -0.218 e. The van der Waals surface area contributed by atoms with Crippen LogP contribution in [0.2, 0.25) is 0 Å². The number of rotatable bonds is 12. The smallest absolute Gasteiger partial charge is 0.169 e. The predicted molar refractivity (Wildman–Crippen MR) is 100 cm³/mol. The first kappa shape index (κ1) is 18.6. The second kappa shape index (κ2) is 11.8. The van der Waals surface area contributed by atoms with Gasteiger partial charge in [0, 0.05) is 30.7 Å². The van der Waals surface area contributed by atoms with Crippen LogP contribution in [0.1, 0.15) is 71.1 Å². The molecule has 0 saturated heterocycles. The molecule has 0 aromatic carbocycles. The zero-order chi connectivity index (χ0) is 16.9. The summed E-state index contributed by atoms with van der Waals surface area (Å²) in [5.74, 6) is 0. The largest absolute Gasteiger partial charge is 0.218 e. The van der Waals surface area contributed by atoms with E-state index in [1.54, 1.807) is 0 Å². The van der Waals surface area contributed by atoms with E-state index in [4.69, 9.17) is 0 Å². The molecule has 0 bridgehead atoms. The first-order valence-electron chi connectivity index (χ1n) is 9.86. The summed E-state index contributed by atoms with van der Waals surface area (Å²) in [5.41, 5.74) is 2.54. The van der Waals surface area contributed by atoms with Crippen molar-refractivity contribution in [2.45, 2.75) is 77.7 Å². The number of aromatic nitrogens is 2. The Morgan fingerprint density at radius 3 is 1.75 bits per heavy atom. The zero-order valence-corrected chi connectivity index (χ0v) is 15.3. The van der Waals surface area contributed by atoms with E-state index in [9.17, 15) is 0 Å². The molecule has 1 N–H and O–H groups in total. The Balaban J connectivity index is 1.55. The van der Waals surface area contributed by atoms with E-state index in [2.05, 4.69) is 53.1 Å². The van der Waals surface area contributed by atoms with E-state index < -0.39 is 0 Å². The quantitative estimate of drug-likeness (QED) is 0.368. The van der Waals surface area contributed by atoms with Crippen molar-refractivity contribution in [3.05, 3.63) is 49.1 Å². The second-order valence-electron chi connectivity index (χ2n) is 6.80. The lowest BCUT2D eigenvalue weighted by atomic mass is 10.1. The molecule has 0 aliphatic carbocycles. The third kappa shape index (κ3) is 7.25. The molecule has 2 heteroatoms. The van der Waals surface area contributed by atoms with Crippen molar-refractivity contribution in [1.82, 2.24) is 0 Å². The molecule has 0 atom stereocenters. The van der Waals surface area contributed by atoms with Crippen LogP contribution in [0, 0.1) is 0 Å². The van der Waals surface area contributed by atoms with Crippen LogP contribution in [0.5, 0.6) is 0 Å². The van der Waals surface area contributed by atoms with Crippen molar-refractivity contribution in [1.29, 1.82) is 0 Å². The van der Waals surface area contributed by atoms with Gasteiger partial charge in [-0.1, -0.05) is 58.3 Å². The summed E-state index contributed by atoms with van der Waals surface area (Å²) in [4.78, 5) is 3.07. The average molecular weight is 327 g/mol. The number of pyridine rings is 2. The highest BCUT2D eigenvalue weighted by Gasteiger charge is 2.03. The highest BCUT2D eigenvalue weighted by atomic mass is 14.9. The van der Waals surface area contributed by atoms with Crippen molar-refractivity contribution in [3.63, 3.8) is 0 Å². The second-order valence-corrected chi connectivity index (χ2v) is 6.80. The van der Waals surface area contributed by atoms with Gasteiger partial charge in [-0.2, -0.15) is 0 Å². The van der Waals surface area contributed by atoms with Crippen LogP contribution in [0.4, 0.5) is 0 Å². The van der Waals surface area contributed by atoms with E-state index >= 15 is 0 Å². The molecule has 2 aromatic rings. The lowest BCUT2D eigenvalue weighted by Gasteiger charge is -2.02. The Labute approximate surface area is 148 Å². The Kier molecular flexibility index (Phi) is 9.15. The van der Waals surface area contributed by atoms with Crippen molar-refractivity contribution in [3.8, 4) is 11.1 Å². The molecule has 0 unspecified atom stereocenters. The van der Waals surface area contributed by atoms with Gasteiger partial charge in [0.2, 0.25) is 0 Å².